The van der Waals surface area contributed by atoms with Gasteiger partial charge in [0.1, 0.15) is 5.82 Å². The van der Waals surface area contributed by atoms with E-state index in [1.165, 1.54) is 19.1 Å². The minimum atomic E-state index is -0.263. The van der Waals surface area contributed by atoms with Gasteiger partial charge in [0, 0.05) is 30.3 Å². The summed E-state index contributed by atoms with van der Waals surface area (Å²) < 4.78 is 13.4. The van der Waals surface area contributed by atoms with Gasteiger partial charge in [-0.1, -0.05) is 31.9 Å². The molecule has 0 spiro atoms. The Morgan fingerprint density at radius 3 is 2.00 bits per heavy atom. The first-order valence-electron chi connectivity index (χ1n) is 11.7. The molecule has 0 aromatic heterocycles. The molecule has 8 heteroatoms. The van der Waals surface area contributed by atoms with Gasteiger partial charge in [-0.2, -0.15) is 0 Å². The highest BCUT2D eigenvalue weighted by molar-refractivity contribution is 5.93. The normalized spacial score (nSPS) is 14.6. The molecule has 3 N–H and O–H groups in total. The van der Waals surface area contributed by atoms with Crippen molar-refractivity contribution < 1.29 is 18.8 Å². The number of rotatable bonds is 10. The molecule has 0 unspecified atom stereocenters. The third-order valence-electron chi connectivity index (χ3n) is 6.31. The maximum atomic E-state index is 13.4. The van der Waals surface area contributed by atoms with E-state index in [0.29, 0.717) is 24.5 Å². The number of hydrogen-bond donors (Lipinski definition) is 3. The van der Waals surface area contributed by atoms with Gasteiger partial charge < -0.3 is 16.0 Å². The Morgan fingerprint density at radius 2 is 1.44 bits per heavy atom. The molecule has 2 aromatic rings. The maximum absolute atomic E-state index is 13.4. The van der Waals surface area contributed by atoms with Gasteiger partial charge in [-0.25, -0.2) is 4.39 Å². The zero-order valence-electron chi connectivity index (χ0n) is 19.8. The Hall–Kier alpha value is -3.26. The number of nitrogens with one attached hydrogen (secondary N) is 3. The van der Waals surface area contributed by atoms with Crippen molar-refractivity contribution in [3.63, 3.8) is 0 Å². The lowest BCUT2D eigenvalue weighted by Crippen LogP contribution is -2.45. The lowest BCUT2D eigenvalue weighted by Gasteiger charge is -2.30. The van der Waals surface area contributed by atoms with Crippen molar-refractivity contribution >= 4 is 29.1 Å². The van der Waals surface area contributed by atoms with Crippen molar-refractivity contribution in [2.45, 2.75) is 44.9 Å². The minimum absolute atomic E-state index is 0.0838. The summed E-state index contributed by atoms with van der Waals surface area (Å²) in [5.41, 5.74) is 2.16. The summed E-state index contributed by atoms with van der Waals surface area (Å²) in [7, 11) is 0. The van der Waals surface area contributed by atoms with E-state index in [0.717, 1.165) is 31.2 Å². The van der Waals surface area contributed by atoms with Crippen molar-refractivity contribution in [1.29, 1.82) is 0 Å². The number of amides is 3. The Bertz CT molecular complexity index is 986. The molecule has 0 atom stereocenters. The molecule has 3 amide bonds. The van der Waals surface area contributed by atoms with Crippen LogP contribution in [0.25, 0.3) is 0 Å². The molecule has 3 rings (SSSR count). The number of nitrogens with zero attached hydrogens (tertiary/aromatic N) is 1. The fourth-order valence-electron chi connectivity index (χ4n) is 4.47. The van der Waals surface area contributed by atoms with Crippen molar-refractivity contribution in [3.8, 4) is 0 Å². The molecule has 0 bridgehead atoms. The fraction of sp³-hybridized carbons (Fsp3) is 0.423. The molecule has 7 nitrogen and oxygen atoms in total. The van der Waals surface area contributed by atoms with E-state index in [4.69, 9.17) is 0 Å². The van der Waals surface area contributed by atoms with Crippen LogP contribution in [0, 0.1) is 5.82 Å². The average molecular weight is 469 g/mol. The molecule has 2 aromatic carbocycles. The molecule has 182 valence electrons. The Kier molecular flexibility index (Phi) is 8.76. The third-order valence-corrected chi connectivity index (χ3v) is 6.31. The molecule has 0 aliphatic heterocycles. The van der Waals surface area contributed by atoms with Gasteiger partial charge in [0.15, 0.2) is 0 Å². The van der Waals surface area contributed by atoms with Crippen LogP contribution < -0.4 is 16.0 Å². The van der Waals surface area contributed by atoms with Gasteiger partial charge in [0.2, 0.25) is 17.7 Å². The van der Waals surface area contributed by atoms with E-state index in [1.54, 1.807) is 29.2 Å². The van der Waals surface area contributed by atoms with Gasteiger partial charge in [-0.05, 0) is 61.3 Å². The van der Waals surface area contributed by atoms with Crippen molar-refractivity contribution in [1.82, 2.24) is 10.2 Å². The molecule has 34 heavy (non-hydrogen) atoms. The monoisotopic (exact) mass is 468 g/mol. The van der Waals surface area contributed by atoms with E-state index in [1.807, 2.05) is 19.1 Å². The number of anilines is 2. The first kappa shape index (κ1) is 25.4. The highest BCUT2D eigenvalue weighted by atomic mass is 19.1. The van der Waals surface area contributed by atoms with E-state index < -0.39 is 0 Å². The number of hydrogen-bond acceptors (Lipinski definition) is 4. The predicted molar refractivity (Wildman–Crippen MR) is 131 cm³/mol. The van der Waals surface area contributed by atoms with Crippen LogP contribution in [0.3, 0.4) is 0 Å². The fourth-order valence-corrected chi connectivity index (χ4v) is 4.47. The molecule has 1 saturated carbocycles. The van der Waals surface area contributed by atoms with E-state index in [-0.39, 0.29) is 42.0 Å². The van der Waals surface area contributed by atoms with E-state index in [2.05, 4.69) is 16.0 Å². The minimum Gasteiger partial charge on any atom is -0.354 e. The van der Waals surface area contributed by atoms with Crippen LogP contribution >= 0.6 is 0 Å². The summed E-state index contributed by atoms with van der Waals surface area (Å²) in [6.45, 7) is 4.58. The average Bonchev–Trinajstić information content (AvgIpc) is 3.29. The SMILES string of the molecule is CCN(CC(=O)NCC1(c2ccc(F)cc2)CCCC1)CC(=O)Nc1ccc(NC(C)=O)cc1. The van der Waals surface area contributed by atoms with Crippen LogP contribution in [0.4, 0.5) is 15.8 Å². The molecule has 0 saturated heterocycles. The van der Waals surface area contributed by atoms with Crippen LogP contribution in [0.2, 0.25) is 0 Å². The van der Waals surface area contributed by atoms with Gasteiger partial charge >= 0.3 is 0 Å². The number of benzene rings is 2. The second-order valence-corrected chi connectivity index (χ2v) is 8.88. The van der Waals surface area contributed by atoms with Crippen molar-refractivity contribution in [3.05, 3.63) is 59.9 Å². The lowest BCUT2D eigenvalue weighted by atomic mass is 9.79. The van der Waals surface area contributed by atoms with Crippen LogP contribution in [-0.4, -0.2) is 48.8 Å². The van der Waals surface area contributed by atoms with Crippen LogP contribution in [0.1, 0.15) is 45.1 Å². The zero-order valence-corrected chi connectivity index (χ0v) is 19.8. The summed E-state index contributed by atoms with van der Waals surface area (Å²) in [5, 5.41) is 8.54. The second-order valence-electron chi connectivity index (χ2n) is 8.88. The van der Waals surface area contributed by atoms with E-state index >= 15 is 0 Å². The Labute approximate surface area is 200 Å². The number of likely N-dealkylation sites (N-methyl/N-ethyl adjacent to an activating group) is 1. The van der Waals surface area contributed by atoms with Crippen LogP contribution in [0.5, 0.6) is 0 Å². The Balaban J connectivity index is 1.50. The predicted octanol–water partition coefficient (Wildman–Crippen LogP) is 3.67. The quantitative estimate of drug-likeness (QED) is 0.496. The topological polar surface area (TPSA) is 90.5 Å². The molecular formula is C26H33FN4O3. The summed E-state index contributed by atoms with van der Waals surface area (Å²) in [6.07, 6.45) is 4.08. The molecular weight excluding hydrogens is 435 g/mol. The number of carbonyl (C=O) groups excluding carboxylic acids is 3. The summed E-state index contributed by atoms with van der Waals surface area (Å²) >= 11 is 0. The van der Waals surface area contributed by atoms with Gasteiger partial charge in [-0.3, -0.25) is 19.3 Å². The lowest BCUT2D eigenvalue weighted by molar-refractivity contribution is -0.123. The molecule has 1 aliphatic rings. The smallest absolute Gasteiger partial charge is 0.238 e. The summed E-state index contributed by atoms with van der Waals surface area (Å²) in [5.74, 6) is -0.783. The van der Waals surface area contributed by atoms with Gasteiger partial charge in [0.05, 0.1) is 13.1 Å². The second kappa shape index (κ2) is 11.7. The molecule has 0 heterocycles. The van der Waals surface area contributed by atoms with E-state index in [9.17, 15) is 18.8 Å². The first-order chi connectivity index (χ1) is 16.3. The summed E-state index contributed by atoms with van der Waals surface area (Å²) in [6, 6.07) is 13.4. The number of carbonyl (C=O) groups is 3. The van der Waals surface area contributed by atoms with Crippen LogP contribution in [-0.2, 0) is 19.8 Å². The van der Waals surface area contributed by atoms with Crippen molar-refractivity contribution in [2.75, 3.05) is 36.8 Å². The molecule has 1 aliphatic carbocycles. The zero-order chi connectivity index (χ0) is 24.6. The van der Waals surface area contributed by atoms with Crippen molar-refractivity contribution in [2.24, 2.45) is 0 Å². The highest BCUT2D eigenvalue weighted by Crippen LogP contribution is 2.40. The van der Waals surface area contributed by atoms with Crippen LogP contribution in [0.15, 0.2) is 48.5 Å². The highest BCUT2D eigenvalue weighted by Gasteiger charge is 2.36. The summed E-state index contributed by atoms with van der Waals surface area (Å²) in [4.78, 5) is 38.0. The maximum Gasteiger partial charge on any atom is 0.238 e. The van der Waals surface area contributed by atoms with Gasteiger partial charge in [-0.15, -0.1) is 0 Å². The Morgan fingerprint density at radius 1 is 0.882 bits per heavy atom. The molecule has 0 radical (unpaired) electrons. The van der Waals surface area contributed by atoms with Gasteiger partial charge in [0.25, 0.3) is 0 Å². The largest absolute Gasteiger partial charge is 0.354 e. The molecule has 1 fully saturated rings. The standard InChI is InChI=1S/C26H33FN4O3/c1-3-31(17-25(34)30-23-12-10-22(11-13-23)29-19(2)32)16-24(33)28-18-26(14-4-5-15-26)20-6-8-21(27)9-7-20/h6-13H,3-5,14-18H2,1-2H3,(H,28,33)(H,29,32)(H,30,34). The first-order valence-corrected chi connectivity index (χ1v) is 11.7. The third kappa shape index (κ3) is 7.12. The number of halogens is 1.